The maximum atomic E-state index is 13.8. The molecule has 0 saturated carbocycles. The quantitative estimate of drug-likeness (QED) is 0.739. The van der Waals surface area contributed by atoms with Crippen molar-refractivity contribution in [1.29, 1.82) is 5.26 Å². The van der Waals surface area contributed by atoms with E-state index >= 15 is 0 Å². The molecule has 1 aromatic heterocycles. The smallest absolute Gasteiger partial charge is 0.262 e. The lowest BCUT2D eigenvalue weighted by molar-refractivity contribution is 0.0949. The normalized spacial score (nSPS) is 11.6. The van der Waals surface area contributed by atoms with Gasteiger partial charge in [0.25, 0.3) is 5.91 Å². The number of hydrogen-bond donors (Lipinski definition) is 1. The Labute approximate surface area is 147 Å². The number of thiophene rings is 1. The third-order valence-electron chi connectivity index (χ3n) is 3.59. The molecule has 0 spiro atoms. The third-order valence-corrected chi connectivity index (χ3v) is 4.71. The summed E-state index contributed by atoms with van der Waals surface area (Å²) in [5.74, 6) is -1.45. The summed E-state index contributed by atoms with van der Waals surface area (Å²) in [6.07, 6.45) is 0. The first-order valence-corrected chi connectivity index (χ1v) is 8.21. The van der Waals surface area contributed by atoms with Crippen LogP contribution < -0.4 is 5.32 Å². The average molecular weight is 354 g/mol. The van der Waals surface area contributed by atoms with Crippen LogP contribution in [0.2, 0.25) is 0 Å². The highest BCUT2D eigenvalue weighted by molar-refractivity contribution is 7.17. The lowest BCUT2D eigenvalue weighted by atomic mass is 10.1. The van der Waals surface area contributed by atoms with E-state index in [0.717, 1.165) is 11.3 Å². The number of nitriles is 1. The Bertz CT molecular complexity index is 962. The van der Waals surface area contributed by atoms with Crippen molar-refractivity contribution in [2.75, 3.05) is 0 Å². The van der Waals surface area contributed by atoms with E-state index in [-0.39, 0.29) is 11.4 Å². The number of carbonyl (C=O) groups is 1. The summed E-state index contributed by atoms with van der Waals surface area (Å²) in [6.45, 7) is 0. The van der Waals surface area contributed by atoms with Crippen LogP contribution in [0.4, 0.5) is 8.78 Å². The van der Waals surface area contributed by atoms with Crippen LogP contribution >= 0.6 is 11.3 Å². The molecular formula is C19H12F2N2OS. The first kappa shape index (κ1) is 16.8. The average Bonchev–Trinajstić information content (AvgIpc) is 3.10. The van der Waals surface area contributed by atoms with Crippen LogP contribution in [0.3, 0.4) is 0 Å². The van der Waals surface area contributed by atoms with E-state index in [1.807, 2.05) is 6.07 Å². The van der Waals surface area contributed by atoms with E-state index in [1.54, 1.807) is 36.4 Å². The second kappa shape index (κ2) is 7.24. The molecule has 1 amide bonds. The number of amides is 1. The largest absolute Gasteiger partial charge is 0.332 e. The molecule has 6 heteroatoms. The molecule has 124 valence electrons. The second-order valence-electron chi connectivity index (χ2n) is 5.20. The monoisotopic (exact) mass is 354 g/mol. The van der Waals surface area contributed by atoms with Gasteiger partial charge in [-0.05, 0) is 24.3 Å². The van der Waals surface area contributed by atoms with Gasteiger partial charge in [0.2, 0.25) is 0 Å². The molecule has 3 rings (SSSR count). The Kier molecular flexibility index (Phi) is 4.87. The van der Waals surface area contributed by atoms with Gasteiger partial charge in [-0.15, -0.1) is 11.3 Å². The molecule has 1 heterocycles. The van der Waals surface area contributed by atoms with Gasteiger partial charge in [-0.2, -0.15) is 5.26 Å². The van der Waals surface area contributed by atoms with Crippen molar-refractivity contribution in [1.82, 2.24) is 5.32 Å². The molecule has 0 bridgehead atoms. The predicted molar refractivity (Wildman–Crippen MR) is 91.9 cm³/mol. The molecule has 3 nitrogen and oxygen atoms in total. The summed E-state index contributed by atoms with van der Waals surface area (Å²) >= 11 is 1.10. The molecule has 3 aromatic rings. The van der Waals surface area contributed by atoms with Crippen LogP contribution in [0.25, 0.3) is 10.4 Å². The topological polar surface area (TPSA) is 52.9 Å². The number of hydrogen-bond acceptors (Lipinski definition) is 3. The molecule has 0 aliphatic rings. The molecule has 1 unspecified atom stereocenters. The summed E-state index contributed by atoms with van der Waals surface area (Å²) in [5, 5.41) is 11.7. The molecular weight excluding hydrogens is 342 g/mol. The van der Waals surface area contributed by atoms with E-state index < -0.39 is 17.8 Å². The van der Waals surface area contributed by atoms with Crippen LogP contribution in [-0.4, -0.2) is 5.91 Å². The number of rotatable bonds is 4. The Morgan fingerprint density at radius 2 is 1.68 bits per heavy atom. The SMILES string of the molecule is N#CC(NC(=O)c1ccc(-c2ccccc2F)s1)c1ccccc1F. The van der Waals surface area contributed by atoms with Crippen LogP contribution in [0, 0.1) is 23.0 Å². The minimum Gasteiger partial charge on any atom is -0.332 e. The van der Waals surface area contributed by atoms with Gasteiger partial charge in [-0.3, -0.25) is 4.79 Å². The van der Waals surface area contributed by atoms with Gasteiger partial charge in [-0.25, -0.2) is 8.78 Å². The number of carbonyl (C=O) groups excluding carboxylic acids is 1. The summed E-state index contributed by atoms with van der Waals surface area (Å²) in [4.78, 5) is 13.3. The number of benzene rings is 2. The van der Waals surface area contributed by atoms with Crippen LogP contribution in [0.15, 0.2) is 60.7 Å². The molecule has 0 aliphatic heterocycles. The summed E-state index contributed by atoms with van der Waals surface area (Å²) in [6, 6.07) is 16.0. The highest BCUT2D eigenvalue weighted by Crippen LogP contribution is 2.30. The first-order chi connectivity index (χ1) is 12.1. The molecule has 0 fully saturated rings. The van der Waals surface area contributed by atoms with Gasteiger partial charge in [0.1, 0.15) is 17.7 Å². The minimum atomic E-state index is -1.10. The van der Waals surface area contributed by atoms with Crippen molar-refractivity contribution in [3.63, 3.8) is 0 Å². The van der Waals surface area contributed by atoms with E-state index in [1.165, 1.54) is 24.3 Å². The van der Waals surface area contributed by atoms with E-state index in [0.29, 0.717) is 15.3 Å². The van der Waals surface area contributed by atoms with Gasteiger partial charge in [0, 0.05) is 16.0 Å². The lowest BCUT2D eigenvalue weighted by Crippen LogP contribution is -2.27. The highest BCUT2D eigenvalue weighted by atomic mass is 32.1. The van der Waals surface area contributed by atoms with Crippen molar-refractivity contribution >= 4 is 17.2 Å². The first-order valence-electron chi connectivity index (χ1n) is 7.40. The van der Waals surface area contributed by atoms with Gasteiger partial charge in [0.05, 0.1) is 10.9 Å². The minimum absolute atomic E-state index is 0.101. The van der Waals surface area contributed by atoms with Gasteiger partial charge < -0.3 is 5.32 Å². The van der Waals surface area contributed by atoms with Crippen LogP contribution in [0.5, 0.6) is 0 Å². The summed E-state index contributed by atoms with van der Waals surface area (Å²) < 4.78 is 27.6. The number of nitrogens with one attached hydrogen (secondary N) is 1. The van der Waals surface area contributed by atoms with E-state index in [2.05, 4.69) is 5.32 Å². The Morgan fingerprint density at radius 1 is 1.00 bits per heavy atom. The highest BCUT2D eigenvalue weighted by Gasteiger charge is 2.19. The lowest BCUT2D eigenvalue weighted by Gasteiger charge is -2.11. The van der Waals surface area contributed by atoms with Crippen molar-refractivity contribution in [3.05, 3.63) is 82.7 Å². The van der Waals surface area contributed by atoms with Crippen LogP contribution in [-0.2, 0) is 0 Å². The zero-order valence-corrected chi connectivity index (χ0v) is 13.7. The number of halogens is 2. The molecule has 25 heavy (non-hydrogen) atoms. The fourth-order valence-electron chi connectivity index (χ4n) is 2.36. The van der Waals surface area contributed by atoms with Crippen LogP contribution in [0.1, 0.15) is 21.3 Å². The Morgan fingerprint density at radius 3 is 2.36 bits per heavy atom. The fraction of sp³-hybridized carbons (Fsp3) is 0.0526. The van der Waals surface area contributed by atoms with E-state index in [4.69, 9.17) is 0 Å². The molecule has 0 radical (unpaired) electrons. The van der Waals surface area contributed by atoms with Crippen molar-refractivity contribution in [3.8, 4) is 16.5 Å². The van der Waals surface area contributed by atoms with E-state index in [9.17, 15) is 18.8 Å². The fourth-order valence-corrected chi connectivity index (χ4v) is 3.29. The molecule has 1 N–H and O–H groups in total. The van der Waals surface area contributed by atoms with Gasteiger partial charge in [-0.1, -0.05) is 36.4 Å². The number of nitrogens with zero attached hydrogens (tertiary/aromatic N) is 1. The molecule has 2 aromatic carbocycles. The van der Waals surface area contributed by atoms with Crippen molar-refractivity contribution < 1.29 is 13.6 Å². The third kappa shape index (κ3) is 3.57. The zero-order chi connectivity index (χ0) is 17.8. The summed E-state index contributed by atoms with van der Waals surface area (Å²) in [5.41, 5.74) is 0.502. The summed E-state index contributed by atoms with van der Waals surface area (Å²) in [7, 11) is 0. The molecule has 0 saturated heterocycles. The molecule has 1 atom stereocenters. The zero-order valence-electron chi connectivity index (χ0n) is 12.9. The Hall–Kier alpha value is -3.04. The van der Waals surface area contributed by atoms with Crippen molar-refractivity contribution in [2.24, 2.45) is 0 Å². The molecule has 0 aliphatic carbocycles. The maximum Gasteiger partial charge on any atom is 0.262 e. The Balaban J connectivity index is 1.81. The standard InChI is InChI=1S/C19H12F2N2OS/c20-14-7-3-1-5-12(14)16(11-22)23-19(24)18-10-9-17(25-18)13-6-2-4-8-15(13)21/h1-10,16H,(H,23,24). The predicted octanol–water partition coefficient (Wildman–Crippen LogP) is 4.69. The van der Waals surface area contributed by atoms with Gasteiger partial charge in [0.15, 0.2) is 0 Å². The maximum absolute atomic E-state index is 13.8. The van der Waals surface area contributed by atoms with Gasteiger partial charge >= 0.3 is 0 Å². The van der Waals surface area contributed by atoms with Crippen molar-refractivity contribution in [2.45, 2.75) is 6.04 Å². The second-order valence-corrected chi connectivity index (χ2v) is 6.28.